The standard InChI is InChI=1S/C19H30F3N5S.HI/c1-23-18(24-10-9-17-26-16(13-28-17)19(20,21)22)25-14-6-5-11-27(12-14)15-7-3-2-4-8-15;/h13-15H,2-12H2,1H3,(H2,23,24,25);1H. The van der Waals surface area contributed by atoms with Crippen LogP contribution in [0.1, 0.15) is 55.6 Å². The molecule has 0 bridgehead atoms. The smallest absolute Gasteiger partial charge is 0.356 e. The highest BCUT2D eigenvalue weighted by molar-refractivity contribution is 14.0. The van der Waals surface area contributed by atoms with Crippen molar-refractivity contribution in [1.82, 2.24) is 20.5 Å². The first-order chi connectivity index (χ1) is 13.5. The molecule has 2 heterocycles. The van der Waals surface area contributed by atoms with E-state index in [9.17, 15) is 13.2 Å². The van der Waals surface area contributed by atoms with E-state index in [-0.39, 0.29) is 24.0 Å². The van der Waals surface area contributed by atoms with Gasteiger partial charge in [-0.25, -0.2) is 4.98 Å². The Morgan fingerprint density at radius 2 is 2.00 bits per heavy atom. The Morgan fingerprint density at radius 3 is 2.66 bits per heavy atom. The Bertz CT molecular complexity index is 646. The third-order valence-electron chi connectivity index (χ3n) is 5.58. The van der Waals surface area contributed by atoms with Crippen LogP contribution in [0, 0.1) is 0 Å². The molecule has 166 valence electrons. The molecule has 1 saturated carbocycles. The van der Waals surface area contributed by atoms with E-state index in [1.165, 1.54) is 45.1 Å². The number of nitrogens with one attached hydrogen (secondary N) is 2. The van der Waals surface area contributed by atoms with Crippen molar-refractivity contribution in [3.63, 3.8) is 0 Å². The van der Waals surface area contributed by atoms with Crippen molar-refractivity contribution in [3.05, 3.63) is 16.1 Å². The molecule has 1 aliphatic heterocycles. The molecule has 0 aromatic carbocycles. The number of piperidine rings is 1. The zero-order valence-corrected chi connectivity index (χ0v) is 19.9. The normalized spacial score (nSPS) is 22.2. The van der Waals surface area contributed by atoms with E-state index >= 15 is 0 Å². The van der Waals surface area contributed by atoms with Crippen LogP contribution in [0.3, 0.4) is 0 Å². The number of hydrogen-bond donors (Lipinski definition) is 2. The molecule has 1 aliphatic carbocycles. The van der Waals surface area contributed by atoms with Gasteiger partial charge in [0.1, 0.15) is 0 Å². The molecular formula is C19H31F3IN5S. The van der Waals surface area contributed by atoms with Gasteiger partial charge in [-0.05, 0) is 32.2 Å². The molecule has 1 aromatic rings. The van der Waals surface area contributed by atoms with E-state index in [2.05, 4.69) is 25.5 Å². The quantitative estimate of drug-likeness (QED) is 0.330. The molecule has 1 saturated heterocycles. The highest BCUT2D eigenvalue weighted by Crippen LogP contribution is 2.30. The molecule has 2 fully saturated rings. The van der Waals surface area contributed by atoms with Gasteiger partial charge in [-0.15, -0.1) is 35.3 Å². The largest absolute Gasteiger partial charge is 0.434 e. The number of aromatic nitrogens is 1. The Hall–Kier alpha value is -0.620. The number of rotatable bonds is 5. The summed E-state index contributed by atoms with van der Waals surface area (Å²) in [6.07, 6.45) is 5.05. The minimum absolute atomic E-state index is 0. The summed E-state index contributed by atoms with van der Waals surface area (Å²) in [5, 5.41) is 8.26. The fourth-order valence-electron chi connectivity index (χ4n) is 4.13. The lowest BCUT2D eigenvalue weighted by atomic mass is 9.92. The highest BCUT2D eigenvalue weighted by atomic mass is 127. The first kappa shape index (κ1) is 24.6. The molecule has 2 N–H and O–H groups in total. The topological polar surface area (TPSA) is 52.6 Å². The number of thiazole rings is 1. The molecule has 1 atom stereocenters. The second-order valence-corrected chi connectivity index (χ2v) is 8.59. The monoisotopic (exact) mass is 545 g/mol. The van der Waals surface area contributed by atoms with Crippen LogP contribution in [-0.4, -0.2) is 54.6 Å². The summed E-state index contributed by atoms with van der Waals surface area (Å²) >= 11 is 1.05. The lowest BCUT2D eigenvalue weighted by Crippen LogP contribution is -2.53. The van der Waals surface area contributed by atoms with Crippen LogP contribution < -0.4 is 10.6 Å². The maximum Gasteiger partial charge on any atom is 0.434 e. The maximum absolute atomic E-state index is 12.6. The number of guanidine groups is 1. The Balaban J connectivity index is 0.00000300. The fourth-order valence-corrected chi connectivity index (χ4v) is 4.94. The number of hydrogen-bond acceptors (Lipinski definition) is 4. The number of alkyl halides is 3. The van der Waals surface area contributed by atoms with Crippen LogP contribution in [0.2, 0.25) is 0 Å². The van der Waals surface area contributed by atoms with Crippen molar-refractivity contribution in [2.24, 2.45) is 4.99 Å². The fraction of sp³-hybridized carbons (Fsp3) is 0.789. The minimum Gasteiger partial charge on any atom is -0.356 e. The van der Waals surface area contributed by atoms with E-state index in [4.69, 9.17) is 0 Å². The van der Waals surface area contributed by atoms with Gasteiger partial charge in [0.2, 0.25) is 0 Å². The minimum atomic E-state index is -4.37. The van der Waals surface area contributed by atoms with Gasteiger partial charge in [0, 0.05) is 44.0 Å². The summed E-state index contributed by atoms with van der Waals surface area (Å²) < 4.78 is 37.9. The zero-order chi connectivity index (χ0) is 20.0. The zero-order valence-electron chi connectivity index (χ0n) is 16.8. The van der Waals surface area contributed by atoms with E-state index in [1.807, 2.05) is 0 Å². The van der Waals surface area contributed by atoms with Gasteiger partial charge in [-0.2, -0.15) is 13.2 Å². The van der Waals surface area contributed by atoms with Crippen molar-refractivity contribution >= 4 is 41.3 Å². The van der Waals surface area contributed by atoms with E-state index in [0.29, 0.717) is 30.0 Å². The van der Waals surface area contributed by atoms with Crippen molar-refractivity contribution in [3.8, 4) is 0 Å². The van der Waals surface area contributed by atoms with Crippen LogP contribution >= 0.6 is 35.3 Å². The van der Waals surface area contributed by atoms with Crippen LogP contribution in [0.4, 0.5) is 13.2 Å². The molecule has 0 spiro atoms. The number of halogens is 4. The lowest BCUT2D eigenvalue weighted by Gasteiger charge is -2.40. The average molecular weight is 545 g/mol. The summed E-state index contributed by atoms with van der Waals surface area (Å²) in [4.78, 5) is 10.6. The molecule has 5 nitrogen and oxygen atoms in total. The third kappa shape index (κ3) is 7.54. The average Bonchev–Trinajstić information content (AvgIpc) is 3.17. The Kier molecular flexibility index (Phi) is 9.93. The van der Waals surface area contributed by atoms with Gasteiger partial charge in [-0.3, -0.25) is 9.89 Å². The Labute approximate surface area is 192 Å². The van der Waals surface area contributed by atoms with Crippen LogP contribution in [0.5, 0.6) is 0 Å². The predicted octanol–water partition coefficient (Wildman–Crippen LogP) is 4.28. The van der Waals surface area contributed by atoms with E-state index in [0.717, 1.165) is 35.7 Å². The van der Waals surface area contributed by atoms with Crippen LogP contribution in [0.15, 0.2) is 10.4 Å². The first-order valence-corrected chi connectivity index (χ1v) is 11.1. The summed E-state index contributed by atoms with van der Waals surface area (Å²) in [7, 11) is 1.72. The SMILES string of the molecule is CN=C(NCCc1nc(C(F)(F)F)cs1)NC1CCCN(C2CCCCC2)C1.I. The molecule has 0 amide bonds. The third-order valence-corrected chi connectivity index (χ3v) is 6.49. The van der Waals surface area contributed by atoms with Crippen LogP contribution in [0.25, 0.3) is 0 Å². The van der Waals surface area contributed by atoms with Gasteiger partial charge in [0.25, 0.3) is 0 Å². The van der Waals surface area contributed by atoms with Gasteiger partial charge in [-0.1, -0.05) is 19.3 Å². The molecule has 0 radical (unpaired) electrons. The highest BCUT2D eigenvalue weighted by Gasteiger charge is 2.33. The second kappa shape index (κ2) is 11.7. The molecule has 3 rings (SSSR count). The van der Waals surface area contributed by atoms with E-state index in [1.54, 1.807) is 7.05 Å². The van der Waals surface area contributed by atoms with Crippen LogP contribution in [-0.2, 0) is 12.6 Å². The number of likely N-dealkylation sites (tertiary alicyclic amines) is 1. The van der Waals surface area contributed by atoms with Crippen molar-refractivity contribution in [2.45, 2.75) is 69.6 Å². The summed E-state index contributed by atoms with van der Waals surface area (Å²) in [5.41, 5.74) is -0.806. The summed E-state index contributed by atoms with van der Waals surface area (Å²) in [5.74, 6) is 0.711. The summed E-state index contributed by atoms with van der Waals surface area (Å²) in [6.45, 7) is 2.72. The van der Waals surface area contributed by atoms with E-state index < -0.39 is 11.9 Å². The predicted molar refractivity (Wildman–Crippen MR) is 122 cm³/mol. The number of nitrogens with zero attached hydrogens (tertiary/aromatic N) is 3. The second-order valence-electron chi connectivity index (χ2n) is 7.64. The molecule has 10 heteroatoms. The molecule has 1 unspecified atom stereocenters. The maximum atomic E-state index is 12.6. The molecular weight excluding hydrogens is 514 g/mol. The van der Waals surface area contributed by atoms with Crippen molar-refractivity contribution in [2.75, 3.05) is 26.7 Å². The van der Waals surface area contributed by atoms with Gasteiger partial charge in [0.15, 0.2) is 11.7 Å². The first-order valence-electron chi connectivity index (χ1n) is 10.2. The summed E-state index contributed by atoms with van der Waals surface area (Å²) in [6, 6.07) is 1.08. The van der Waals surface area contributed by atoms with Crippen molar-refractivity contribution < 1.29 is 13.2 Å². The molecule has 2 aliphatic rings. The molecule has 1 aromatic heterocycles. The molecule has 29 heavy (non-hydrogen) atoms. The lowest BCUT2D eigenvalue weighted by molar-refractivity contribution is -0.140. The Morgan fingerprint density at radius 1 is 1.24 bits per heavy atom. The van der Waals surface area contributed by atoms with Gasteiger partial charge >= 0.3 is 6.18 Å². The van der Waals surface area contributed by atoms with Crippen molar-refractivity contribution in [1.29, 1.82) is 0 Å². The number of aliphatic imine (C=N–C) groups is 1. The van der Waals surface area contributed by atoms with Gasteiger partial charge < -0.3 is 10.6 Å². The van der Waals surface area contributed by atoms with Gasteiger partial charge in [0.05, 0.1) is 5.01 Å².